The molecule has 0 atom stereocenters. The van der Waals surface area contributed by atoms with E-state index in [1.54, 1.807) is 37.4 Å². The third kappa shape index (κ3) is 4.38. The van der Waals surface area contributed by atoms with E-state index < -0.39 is 5.91 Å². The van der Waals surface area contributed by atoms with E-state index in [2.05, 4.69) is 19.2 Å². The number of benzene rings is 2. The number of amides is 2. The van der Waals surface area contributed by atoms with E-state index in [4.69, 9.17) is 9.47 Å². The Morgan fingerprint density at radius 2 is 1.75 bits per heavy atom. The highest BCUT2D eigenvalue weighted by Crippen LogP contribution is 2.36. The number of anilines is 2. The molecule has 0 saturated heterocycles. The maximum absolute atomic E-state index is 13.4. The summed E-state index contributed by atoms with van der Waals surface area (Å²) in [6, 6.07) is 17.9. The zero-order valence-corrected chi connectivity index (χ0v) is 18.9. The van der Waals surface area contributed by atoms with Gasteiger partial charge in [-0.05, 0) is 53.8 Å². The number of nitrogens with zero attached hydrogens (tertiary/aromatic N) is 1. The van der Waals surface area contributed by atoms with Crippen LogP contribution in [-0.4, -0.2) is 25.5 Å². The number of hydrogen-bond donors (Lipinski definition) is 1. The minimum atomic E-state index is -0.405. The van der Waals surface area contributed by atoms with E-state index in [0.29, 0.717) is 41.0 Å². The second-order valence-electron chi connectivity index (χ2n) is 7.73. The van der Waals surface area contributed by atoms with E-state index in [0.717, 1.165) is 4.88 Å². The Balaban J connectivity index is 1.66. The fourth-order valence-electron chi connectivity index (χ4n) is 3.33. The van der Waals surface area contributed by atoms with E-state index >= 15 is 0 Å². The number of methoxy groups -OCH3 is 1. The summed E-state index contributed by atoms with van der Waals surface area (Å²) in [7, 11) is 1.58. The molecule has 4 rings (SSSR count). The molecule has 1 aliphatic heterocycles. The number of ether oxygens (including phenoxy) is 2. The third-order valence-electron chi connectivity index (χ3n) is 4.87. The van der Waals surface area contributed by atoms with Crippen molar-refractivity contribution in [3.8, 4) is 11.5 Å². The summed E-state index contributed by atoms with van der Waals surface area (Å²) in [5, 5.41) is 5.03. The molecule has 2 amide bonds. The molecule has 2 heterocycles. The summed E-state index contributed by atoms with van der Waals surface area (Å²) >= 11 is 1.41. The van der Waals surface area contributed by atoms with Gasteiger partial charge >= 0.3 is 0 Å². The summed E-state index contributed by atoms with van der Waals surface area (Å²) in [6.07, 6.45) is 0. The van der Waals surface area contributed by atoms with Crippen LogP contribution in [0.15, 0.2) is 71.7 Å². The van der Waals surface area contributed by atoms with Gasteiger partial charge in [0.1, 0.15) is 17.2 Å². The molecule has 0 saturated carbocycles. The summed E-state index contributed by atoms with van der Waals surface area (Å²) in [5.74, 6) is 0.983. The average molecular weight is 449 g/mol. The molecule has 0 spiro atoms. The molecule has 164 valence electrons. The van der Waals surface area contributed by atoms with Gasteiger partial charge in [0.05, 0.1) is 25.0 Å². The van der Waals surface area contributed by atoms with Crippen LogP contribution in [0.2, 0.25) is 0 Å². The van der Waals surface area contributed by atoms with Crippen molar-refractivity contribution in [2.24, 2.45) is 5.92 Å². The van der Waals surface area contributed by atoms with Crippen LogP contribution in [0.25, 0.3) is 5.57 Å². The van der Waals surface area contributed by atoms with Crippen molar-refractivity contribution in [3.05, 3.63) is 76.6 Å². The largest absolute Gasteiger partial charge is 0.497 e. The minimum absolute atomic E-state index is 0.242. The van der Waals surface area contributed by atoms with Gasteiger partial charge in [0.15, 0.2) is 0 Å². The molecule has 0 radical (unpaired) electrons. The van der Waals surface area contributed by atoms with Gasteiger partial charge < -0.3 is 14.8 Å². The lowest BCUT2D eigenvalue weighted by molar-refractivity contribution is -0.120. The van der Waals surface area contributed by atoms with Crippen molar-refractivity contribution in [2.45, 2.75) is 13.8 Å². The zero-order valence-electron chi connectivity index (χ0n) is 18.1. The van der Waals surface area contributed by atoms with Gasteiger partial charge in [0.25, 0.3) is 11.8 Å². The highest BCUT2D eigenvalue weighted by molar-refractivity contribution is 7.11. The number of thiophene rings is 1. The molecule has 6 nitrogen and oxygen atoms in total. The summed E-state index contributed by atoms with van der Waals surface area (Å²) < 4.78 is 11.0. The zero-order chi connectivity index (χ0) is 22.7. The van der Waals surface area contributed by atoms with Gasteiger partial charge in [-0.2, -0.15) is 0 Å². The van der Waals surface area contributed by atoms with Crippen LogP contribution < -0.4 is 19.7 Å². The normalized spacial score (nSPS) is 13.8. The predicted octanol–water partition coefficient (Wildman–Crippen LogP) is 5.19. The van der Waals surface area contributed by atoms with Crippen molar-refractivity contribution in [1.82, 2.24) is 0 Å². The van der Waals surface area contributed by atoms with Gasteiger partial charge in [0, 0.05) is 16.6 Å². The fraction of sp³-hybridized carbons (Fsp3) is 0.200. The first-order valence-corrected chi connectivity index (χ1v) is 11.2. The Morgan fingerprint density at radius 1 is 0.969 bits per heavy atom. The van der Waals surface area contributed by atoms with E-state index in [1.807, 2.05) is 35.7 Å². The van der Waals surface area contributed by atoms with Crippen molar-refractivity contribution in [3.63, 3.8) is 0 Å². The first-order valence-electron chi connectivity index (χ1n) is 10.3. The Morgan fingerprint density at radius 3 is 2.41 bits per heavy atom. The molecule has 2 aromatic carbocycles. The lowest BCUT2D eigenvalue weighted by Gasteiger charge is -2.16. The van der Waals surface area contributed by atoms with Gasteiger partial charge in [-0.1, -0.05) is 26.0 Å². The van der Waals surface area contributed by atoms with Crippen molar-refractivity contribution in [2.75, 3.05) is 23.9 Å². The van der Waals surface area contributed by atoms with Crippen LogP contribution in [0.5, 0.6) is 11.5 Å². The Hall–Kier alpha value is -3.58. The highest BCUT2D eigenvalue weighted by Gasteiger charge is 2.40. The minimum Gasteiger partial charge on any atom is -0.497 e. The lowest BCUT2D eigenvalue weighted by atomic mass is 10.2. The number of rotatable bonds is 8. The van der Waals surface area contributed by atoms with Crippen molar-refractivity contribution < 1.29 is 19.1 Å². The standard InChI is InChI=1S/C25H24N2O4S/c1-16(2)15-31-19-11-9-18(10-12-19)27-24(28)22(21-8-5-13-32-21)23(25(27)29)26-17-6-4-7-20(14-17)30-3/h4-14,16,26H,15H2,1-3H3. The molecule has 32 heavy (non-hydrogen) atoms. The van der Waals surface area contributed by atoms with Gasteiger partial charge in [0.2, 0.25) is 0 Å². The summed E-state index contributed by atoms with van der Waals surface area (Å²) in [5.41, 5.74) is 1.75. The molecule has 0 fully saturated rings. The molecule has 0 aliphatic carbocycles. The van der Waals surface area contributed by atoms with Crippen LogP contribution in [0.3, 0.4) is 0 Å². The fourth-order valence-corrected chi connectivity index (χ4v) is 4.10. The Labute approximate surface area is 191 Å². The molecule has 0 bridgehead atoms. The smallest absolute Gasteiger partial charge is 0.282 e. The number of carbonyl (C=O) groups is 2. The van der Waals surface area contributed by atoms with Gasteiger partial charge in [-0.25, -0.2) is 4.90 Å². The predicted molar refractivity (Wildman–Crippen MR) is 127 cm³/mol. The van der Waals surface area contributed by atoms with Crippen LogP contribution in [0, 0.1) is 5.92 Å². The maximum Gasteiger partial charge on any atom is 0.282 e. The number of carbonyl (C=O) groups excluding carboxylic acids is 2. The molecular formula is C25H24N2O4S. The first-order chi connectivity index (χ1) is 15.5. The van der Waals surface area contributed by atoms with Crippen LogP contribution >= 0.6 is 11.3 Å². The van der Waals surface area contributed by atoms with Crippen molar-refractivity contribution >= 4 is 40.1 Å². The third-order valence-corrected chi connectivity index (χ3v) is 5.76. The number of imide groups is 1. The van der Waals surface area contributed by atoms with E-state index in [1.165, 1.54) is 16.2 Å². The maximum atomic E-state index is 13.4. The SMILES string of the molecule is COc1cccc(NC2=C(c3cccs3)C(=O)N(c3ccc(OCC(C)C)cc3)C2=O)c1. The number of hydrogen-bond acceptors (Lipinski definition) is 6. The van der Waals surface area contributed by atoms with Crippen LogP contribution in [0.4, 0.5) is 11.4 Å². The molecule has 1 N–H and O–H groups in total. The van der Waals surface area contributed by atoms with Crippen molar-refractivity contribution in [1.29, 1.82) is 0 Å². The molecule has 7 heteroatoms. The molecule has 1 aromatic heterocycles. The quantitative estimate of drug-likeness (QED) is 0.481. The van der Waals surface area contributed by atoms with Gasteiger partial charge in [-0.15, -0.1) is 11.3 Å². The Bertz CT molecular complexity index is 1150. The van der Waals surface area contributed by atoms with Gasteiger partial charge in [-0.3, -0.25) is 9.59 Å². The van der Waals surface area contributed by atoms with Crippen LogP contribution in [0.1, 0.15) is 18.7 Å². The summed E-state index contributed by atoms with van der Waals surface area (Å²) in [6.45, 7) is 4.74. The number of nitrogens with one attached hydrogen (secondary N) is 1. The second-order valence-corrected chi connectivity index (χ2v) is 8.68. The topological polar surface area (TPSA) is 67.9 Å². The van der Waals surface area contributed by atoms with Crippen LogP contribution in [-0.2, 0) is 9.59 Å². The first kappa shape index (κ1) is 21.6. The average Bonchev–Trinajstić information content (AvgIpc) is 3.40. The molecular weight excluding hydrogens is 424 g/mol. The van der Waals surface area contributed by atoms with E-state index in [-0.39, 0.29) is 11.6 Å². The monoisotopic (exact) mass is 448 g/mol. The Kier molecular flexibility index (Phi) is 6.28. The van der Waals surface area contributed by atoms with E-state index in [9.17, 15) is 9.59 Å². The summed E-state index contributed by atoms with van der Waals surface area (Å²) in [4.78, 5) is 28.7. The molecule has 1 aliphatic rings. The lowest BCUT2D eigenvalue weighted by Crippen LogP contribution is -2.32. The highest BCUT2D eigenvalue weighted by atomic mass is 32.1. The second kappa shape index (κ2) is 9.28. The molecule has 0 unspecified atom stereocenters. The molecule has 3 aromatic rings.